The number of hydrogen-bond donors (Lipinski definition) is 2. The summed E-state index contributed by atoms with van der Waals surface area (Å²) < 4.78 is 19.5. The lowest BCUT2D eigenvalue weighted by atomic mass is 9.97. The van der Waals surface area contributed by atoms with Crippen molar-refractivity contribution < 1.29 is 19.0 Å². The van der Waals surface area contributed by atoms with Crippen molar-refractivity contribution in [3.8, 4) is 0 Å². The number of aliphatic carboxylic acids is 1. The van der Waals surface area contributed by atoms with Crippen molar-refractivity contribution in [2.75, 3.05) is 13.7 Å². The van der Waals surface area contributed by atoms with Gasteiger partial charge in [0.05, 0.1) is 12.5 Å². The van der Waals surface area contributed by atoms with Crippen LogP contribution in [0, 0.1) is 5.82 Å². The predicted octanol–water partition coefficient (Wildman–Crippen LogP) is 1.86. The maximum atomic E-state index is 14.0. The molecule has 1 unspecified atom stereocenters. The fraction of sp³-hybridized carbons (Fsp3) is 0.364. The van der Waals surface area contributed by atoms with Crippen molar-refractivity contribution in [3.05, 3.63) is 33.5 Å². The molecule has 0 heterocycles. The Hall–Kier alpha value is -0.980. The summed E-state index contributed by atoms with van der Waals surface area (Å²) in [6.07, 6.45) is 0. The average Bonchev–Trinajstić information content (AvgIpc) is 2.25. The number of nitrogens with two attached hydrogens (primary N) is 1. The number of rotatable bonds is 5. The summed E-state index contributed by atoms with van der Waals surface area (Å²) in [6, 6.07) is 2.98. The molecule has 0 aliphatic rings. The Morgan fingerprint density at radius 3 is 2.76 bits per heavy atom. The minimum absolute atomic E-state index is 0.0708. The van der Waals surface area contributed by atoms with E-state index in [2.05, 4.69) is 15.9 Å². The molecule has 0 aliphatic carbocycles. The molecule has 0 fully saturated rings. The normalized spacial score (nSPS) is 12.5. The second kappa shape index (κ2) is 6.09. The fourth-order valence-corrected chi connectivity index (χ4v) is 2.07. The maximum Gasteiger partial charge on any atom is 0.312 e. The second-order valence-electron chi connectivity index (χ2n) is 3.53. The molecule has 1 atom stereocenters. The van der Waals surface area contributed by atoms with Crippen molar-refractivity contribution in [1.82, 2.24) is 0 Å². The van der Waals surface area contributed by atoms with Gasteiger partial charge in [-0.25, -0.2) is 4.39 Å². The van der Waals surface area contributed by atoms with E-state index in [1.54, 1.807) is 6.07 Å². The lowest BCUT2D eigenvalue weighted by Crippen LogP contribution is -2.22. The molecule has 0 bridgehead atoms. The Balaban J connectivity index is 3.27. The standard InChI is InChI=1S/C11H13BrFNO3/c1-17-5-6-2-7(12)3-8(10(6)13)9(4-14)11(15)16/h2-3,9H,4-5,14H2,1H3,(H,15,16). The Morgan fingerprint density at radius 1 is 1.65 bits per heavy atom. The molecule has 1 aromatic carbocycles. The van der Waals surface area contributed by atoms with Crippen LogP contribution < -0.4 is 5.73 Å². The van der Waals surface area contributed by atoms with Gasteiger partial charge in [-0.05, 0) is 12.1 Å². The first-order valence-corrected chi connectivity index (χ1v) is 5.70. The van der Waals surface area contributed by atoms with Gasteiger partial charge in [0.25, 0.3) is 0 Å². The number of benzene rings is 1. The first kappa shape index (κ1) is 14.1. The highest BCUT2D eigenvalue weighted by atomic mass is 79.9. The zero-order valence-electron chi connectivity index (χ0n) is 9.24. The zero-order valence-corrected chi connectivity index (χ0v) is 10.8. The topological polar surface area (TPSA) is 72.5 Å². The molecule has 3 N–H and O–H groups in total. The van der Waals surface area contributed by atoms with Crippen molar-refractivity contribution >= 4 is 21.9 Å². The minimum atomic E-state index is -1.15. The smallest absolute Gasteiger partial charge is 0.312 e. The highest BCUT2D eigenvalue weighted by Crippen LogP contribution is 2.26. The van der Waals surface area contributed by atoms with Crippen molar-refractivity contribution in [2.45, 2.75) is 12.5 Å². The van der Waals surface area contributed by atoms with Gasteiger partial charge in [0.2, 0.25) is 0 Å². The molecule has 0 amide bonds. The van der Waals surface area contributed by atoms with Crippen molar-refractivity contribution in [1.29, 1.82) is 0 Å². The molecule has 1 aromatic rings. The number of hydrogen-bond acceptors (Lipinski definition) is 3. The summed E-state index contributed by atoms with van der Waals surface area (Å²) in [6.45, 7) is -0.0791. The van der Waals surface area contributed by atoms with E-state index >= 15 is 0 Å². The molecule has 0 saturated carbocycles. The van der Waals surface area contributed by atoms with Crippen LogP contribution in [0.15, 0.2) is 16.6 Å². The third-order valence-electron chi connectivity index (χ3n) is 2.35. The van der Waals surface area contributed by atoms with Gasteiger partial charge in [0.1, 0.15) is 5.82 Å². The zero-order chi connectivity index (χ0) is 13.0. The Bertz CT molecular complexity index is 425. The summed E-state index contributed by atoms with van der Waals surface area (Å²) in [7, 11) is 1.44. The highest BCUT2D eigenvalue weighted by Gasteiger charge is 2.23. The molecule has 4 nitrogen and oxygen atoms in total. The quantitative estimate of drug-likeness (QED) is 0.871. The van der Waals surface area contributed by atoms with E-state index in [9.17, 15) is 9.18 Å². The van der Waals surface area contributed by atoms with Crippen LogP contribution in [0.3, 0.4) is 0 Å². The lowest BCUT2D eigenvalue weighted by molar-refractivity contribution is -0.138. The highest BCUT2D eigenvalue weighted by molar-refractivity contribution is 9.10. The second-order valence-corrected chi connectivity index (χ2v) is 4.44. The number of carbonyl (C=O) groups is 1. The number of halogens is 2. The van der Waals surface area contributed by atoms with Gasteiger partial charge in [-0.3, -0.25) is 4.79 Å². The molecule has 94 valence electrons. The van der Waals surface area contributed by atoms with Gasteiger partial charge in [-0.1, -0.05) is 15.9 Å². The van der Waals surface area contributed by atoms with Gasteiger partial charge in [0.15, 0.2) is 0 Å². The molecule has 0 aromatic heterocycles. The molecular formula is C11H13BrFNO3. The first-order valence-electron chi connectivity index (χ1n) is 4.90. The molecule has 0 aliphatic heterocycles. The SMILES string of the molecule is COCc1cc(Br)cc(C(CN)C(=O)O)c1F. The van der Waals surface area contributed by atoms with Gasteiger partial charge < -0.3 is 15.6 Å². The number of ether oxygens (including phenoxy) is 1. The molecule has 0 spiro atoms. The molecule has 0 saturated heterocycles. The average molecular weight is 306 g/mol. The number of carboxylic acids is 1. The Morgan fingerprint density at radius 2 is 2.29 bits per heavy atom. The molecule has 0 radical (unpaired) electrons. The van der Waals surface area contributed by atoms with E-state index in [0.29, 0.717) is 10.0 Å². The van der Waals surface area contributed by atoms with E-state index in [4.69, 9.17) is 15.6 Å². The summed E-state index contributed by atoms with van der Waals surface area (Å²) in [5.41, 5.74) is 5.73. The van der Waals surface area contributed by atoms with E-state index < -0.39 is 17.7 Å². The Labute approximate surface area is 107 Å². The maximum absolute atomic E-state index is 14.0. The van der Waals surface area contributed by atoms with Crippen LogP contribution in [0.4, 0.5) is 4.39 Å². The minimum Gasteiger partial charge on any atom is -0.481 e. The van der Waals surface area contributed by atoms with Crippen LogP contribution >= 0.6 is 15.9 Å². The molecular weight excluding hydrogens is 293 g/mol. The largest absolute Gasteiger partial charge is 0.481 e. The van der Waals surface area contributed by atoms with Gasteiger partial charge in [-0.15, -0.1) is 0 Å². The third-order valence-corrected chi connectivity index (χ3v) is 2.81. The van der Waals surface area contributed by atoms with E-state index in [-0.39, 0.29) is 18.7 Å². The van der Waals surface area contributed by atoms with Crippen molar-refractivity contribution in [2.24, 2.45) is 5.73 Å². The van der Waals surface area contributed by atoms with Crippen LogP contribution in [-0.4, -0.2) is 24.7 Å². The van der Waals surface area contributed by atoms with Gasteiger partial charge >= 0.3 is 5.97 Å². The van der Waals surface area contributed by atoms with E-state index in [1.807, 2.05) is 0 Å². The van der Waals surface area contributed by atoms with Crippen LogP contribution in [-0.2, 0) is 16.1 Å². The van der Waals surface area contributed by atoms with Crippen LogP contribution in [0.25, 0.3) is 0 Å². The summed E-state index contributed by atoms with van der Waals surface area (Å²) >= 11 is 3.21. The third kappa shape index (κ3) is 3.24. The van der Waals surface area contributed by atoms with Crippen LogP contribution in [0.2, 0.25) is 0 Å². The Kier molecular flexibility index (Phi) is 5.04. The first-order chi connectivity index (χ1) is 8.01. The number of methoxy groups -OCH3 is 1. The van der Waals surface area contributed by atoms with E-state index in [1.165, 1.54) is 13.2 Å². The fourth-order valence-electron chi connectivity index (χ4n) is 1.54. The van der Waals surface area contributed by atoms with Crippen LogP contribution in [0.1, 0.15) is 17.0 Å². The van der Waals surface area contributed by atoms with E-state index in [0.717, 1.165) is 0 Å². The van der Waals surface area contributed by atoms with Crippen LogP contribution in [0.5, 0.6) is 0 Å². The van der Waals surface area contributed by atoms with Gasteiger partial charge in [-0.2, -0.15) is 0 Å². The molecule has 6 heteroatoms. The summed E-state index contributed by atoms with van der Waals surface area (Å²) in [5.74, 6) is -2.77. The van der Waals surface area contributed by atoms with Gasteiger partial charge in [0, 0.05) is 29.3 Å². The predicted molar refractivity (Wildman–Crippen MR) is 64.2 cm³/mol. The molecule has 1 rings (SSSR count). The monoisotopic (exact) mass is 305 g/mol. The number of carboxylic acid groups (broad SMARTS) is 1. The lowest BCUT2D eigenvalue weighted by Gasteiger charge is -2.14. The molecule has 17 heavy (non-hydrogen) atoms. The summed E-state index contributed by atoms with van der Waals surface area (Å²) in [4.78, 5) is 11.0. The summed E-state index contributed by atoms with van der Waals surface area (Å²) in [5, 5.41) is 8.97. The van der Waals surface area contributed by atoms with Crippen molar-refractivity contribution in [3.63, 3.8) is 0 Å².